The molecule has 640 valence electrons. The van der Waals surface area contributed by atoms with Crippen LogP contribution in [-0.2, 0) is 40.4 Å². The second-order valence-electron chi connectivity index (χ2n) is 32.2. The Morgan fingerprint density at radius 1 is 0.331 bits per heavy atom. The number of hydrogen-bond donors (Lipinski definition) is 4. The Labute approximate surface area is 719 Å². The molecule has 0 radical (unpaired) electrons. The van der Waals surface area contributed by atoms with Crippen LogP contribution < -0.4 is 9.47 Å². The molecule has 0 aliphatic rings. The van der Waals surface area contributed by atoms with Crippen molar-refractivity contribution in [1.29, 1.82) is 15.8 Å². The van der Waals surface area contributed by atoms with Crippen LogP contribution in [0.1, 0.15) is 295 Å². The monoisotopic (exact) mass is 1640 g/mol. The van der Waals surface area contributed by atoms with Gasteiger partial charge in [-0.15, -0.1) is 0 Å². The summed E-state index contributed by atoms with van der Waals surface area (Å²) in [5, 5.41) is 73.9. The van der Waals surface area contributed by atoms with Crippen LogP contribution >= 0.6 is 0 Å². The predicted octanol–water partition coefficient (Wildman–Crippen LogP) is 25.3. The summed E-state index contributed by atoms with van der Waals surface area (Å²) in [4.78, 5) is 46.5. The zero-order valence-corrected chi connectivity index (χ0v) is 72.5. The maximum absolute atomic E-state index is 14.3. The number of carbonyl (C=O) groups is 3. The maximum atomic E-state index is 14.3. The van der Waals surface area contributed by atoms with Crippen molar-refractivity contribution in [2.45, 2.75) is 272 Å². The van der Waals surface area contributed by atoms with Crippen LogP contribution in [0.25, 0.3) is 33.4 Å². The minimum absolute atomic E-state index is 0.0237. The van der Waals surface area contributed by atoms with E-state index in [0.29, 0.717) is 80.8 Å². The Bertz CT molecular complexity index is 4510. The zero-order valence-electron chi connectivity index (χ0n) is 72.5. The Balaban J connectivity index is 0.00000117. The normalized spacial score (nSPS) is 11.8. The topological polar surface area (TPSA) is 256 Å². The van der Waals surface area contributed by atoms with Gasteiger partial charge in [0.15, 0.2) is 0 Å². The molecule has 0 fully saturated rings. The van der Waals surface area contributed by atoms with Crippen molar-refractivity contribution >= 4 is 17.9 Å². The lowest BCUT2D eigenvalue weighted by Gasteiger charge is -2.24. The molecule has 3 unspecified atom stereocenters. The summed E-state index contributed by atoms with van der Waals surface area (Å²) >= 11 is 0. The fraction of sp³-hybridized carbons (Fsp3) is 0.423. The van der Waals surface area contributed by atoms with Gasteiger partial charge in [-0.1, -0.05) is 266 Å². The van der Waals surface area contributed by atoms with E-state index in [9.17, 15) is 45.3 Å². The average Bonchev–Trinajstić information content (AvgIpc) is 0.806. The van der Waals surface area contributed by atoms with Crippen molar-refractivity contribution in [3.63, 3.8) is 0 Å². The predicted molar refractivity (Wildman–Crippen MR) is 481 cm³/mol. The van der Waals surface area contributed by atoms with Crippen LogP contribution in [0, 0.1) is 47.8 Å². The Kier molecular flexibility index (Phi) is 41.5. The molecule has 17 nitrogen and oxygen atoms in total. The van der Waals surface area contributed by atoms with Crippen LogP contribution in [0.4, 0.5) is 0 Å². The lowest BCUT2D eigenvalue weighted by atomic mass is 10.0. The van der Waals surface area contributed by atoms with Crippen molar-refractivity contribution in [3.8, 4) is 80.3 Å². The molecule has 17 heteroatoms. The SMILES string of the molecule is CCCCCCCCCCCC(O)OC(=O)c1cc(CN(C)Cc2cc(C(=O)OC(CCCCCCCCCCC)Oc3ccc(-c4ccc(C#N)cc4)cc3)cc(C)c2O)c(O)c(CN(C)Cc2cc(C(=O)OC(CCCCCCCCCCC)Oc3ccc(-c4ccc(C#N)cc4)cc3)cc(C)c2O)c1.N#Cc1ccc(-c2ccccc2)cc1. The highest BCUT2D eigenvalue weighted by Gasteiger charge is 2.26. The zero-order chi connectivity index (χ0) is 86.5. The van der Waals surface area contributed by atoms with E-state index in [1.54, 1.807) is 88.6 Å². The first-order valence-corrected chi connectivity index (χ1v) is 44.1. The highest BCUT2D eigenvalue weighted by atomic mass is 16.7. The van der Waals surface area contributed by atoms with Gasteiger partial charge in [-0.05, 0) is 189 Å². The van der Waals surface area contributed by atoms with E-state index in [2.05, 4.69) is 51.1 Å². The van der Waals surface area contributed by atoms with Gasteiger partial charge in [0.1, 0.15) is 28.7 Å². The number of benzene rings is 9. The number of rotatable bonds is 51. The number of aryl methyl sites for hydroxylation is 2. The van der Waals surface area contributed by atoms with Crippen molar-refractivity contribution in [2.75, 3.05) is 14.1 Å². The summed E-state index contributed by atoms with van der Waals surface area (Å²) in [6.07, 6.45) is 27.9. The Morgan fingerprint density at radius 2 is 0.587 bits per heavy atom. The number of phenolic OH excluding ortho intramolecular Hbond substituents is 3. The fourth-order valence-electron chi connectivity index (χ4n) is 15.0. The molecule has 0 spiro atoms. The van der Waals surface area contributed by atoms with Crippen molar-refractivity contribution < 1.29 is 58.5 Å². The first kappa shape index (κ1) is 95.2. The van der Waals surface area contributed by atoms with Gasteiger partial charge in [0.25, 0.3) is 0 Å². The second kappa shape index (κ2) is 52.7. The summed E-state index contributed by atoms with van der Waals surface area (Å²) in [7, 11) is 3.58. The third-order valence-corrected chi connectivity index (χ3v) is 21.9. The lowest BCUT2D eigenvalue weighted by molar-refractivity contribution is -0.0695. The molecular weight excluding hydrogens is 1510 g/mol. The number of aromatic hydroxyl groups is 3. The number of hydrogen-bond acceptors (Lipinski definition) is 17. The summed E-state index contributed by atoms with van der Waals surface area (Å²) in [5.41, 5.74) is 10.9. The summed E-state index contributed by atoms with van der Waals surface area (Å²) in [6, 6.07) is 63.4. The van der Waals surface area contributed by atoms with E-state index in [1.807, 2.05) is 125 Å². The fourth-order valence-corrected chi connectivity index (χ4v) is 15.0. The van der Waals surface area contributed by atoms with Gasteiger partial charge >= 0.3 is 17.9 Å². The molecule has 9 aromatic rings. The molecule has 9 rings (SSSR count). The van der Waals surface area contributed by atoms with Crippen LogP contribution in [-0.4, -0.2) is 81.1 Å². The van der Waals surface area contributed by atoms with E-state index >= 15 is 0 Å². The molecule has 0 saturated carbocycles. The third kappa shape index (κ3) is 33.0. The molecule has 0 amide bonds. The average molecular weight is 1640 g/mol. The summed E-state index contributed by atoms with van der Waals surface area (Å²) in [6.45, 7) is 10.4. The van der Waals surface area contributed by atoms with Gasteiger partial charge in [0.05, 0.1) is 51.6 Å². The smallest absolute Gasteiger partial charge is 0.341 e. The van der Waals surface area contributed by atoms with E-state index in [1.165, 1.54) is 102 Å². The summed E-state index contributed by atoms with van der Waals surface area (Å²) in [5.74, 6) is -1.14. The first-order chi connectivity index (χ1) is 58.8. The highest BCUT2D eigenvalue weighted by molar-refractivity contribution is 5.92. The third-order valence-electron chi connectivity index (χ3n) is 21.9. The molecule has 0 aromatic heterocycles. The number of phenols is 3. The number of esters is 3. The lowest BCUT2D eigenvalue weighted by Crippen LogP contribution is -2.25. The Morgan fingerprint density at radius 3 is 0.893 bits per heavy atom. The van der Waals surface area contributed by atoms with Crippen molar-refractivity contribution in [2.24, 2.45) is 0 Å². The molecule has 0 heterocycles. The Hall–Kier alpha value is -11.3. The molecule has 0 saturated heterocycles. The number of nitrogens with zero attached hydrogens (tertiary/aromatic N) is 5. The van der Waals surface area contributed by atoms with Crippen LogP contribution in [0.15, 0.2) is 188 Å². The van der Waals surface area contributed by atoms with Crippen LogP contribution in [0.2, 0.25) is 0 Å². The van der Waals surface area contributed by atoms with Crippen molar-refractivity contribution in [3.05, 3.63) is 255 Å². The van der Waals surface area contributed by atoms with Gasteiger partial charge in [-0.3, -0.25) is 9.80 Å². The van der Waals surface area contributed by atoms with Gasteiger partial charge in [0.2, 0.25) is 18.9 Å². The number of ether oxygens (including phenoxy) is 5. The molecule has 3 atom stereocenters. The van der Waals surface area contributed by atoms with Gasteiger partial charge < -0.3 is 44.1 Å². The van der Waals surface area contributed by atoms with Gasteiger partial charge in [0, 0.05) is 67.7 Å². The second-order valence-corrected chi connectivity index (χ2v) is 32.2. The minimum Gasteiger partial charge on any atom is -0.507 e. The van der Waals surface area contributed by atoms with E-state index < -0.39 is 36.8 Å². The van der Waals surface area contributed by atoms with E-state index in [4.69, 9.17) is 28.9 Å². The molecule has 0 aliphatic carbocycles. The van der Waals surface area contributed by atoms with E-state index in [-0.39, 0.29) is 66.5 Å². The number of carbonyl (C=O) groups excluding carboxylic acids is 3. The molecule has 0 bridgehead atoms. The van der Waals surface area contributed by atoms with Gasteiger partial charge in [-0.25, -0.2) is 14.4 Å². The highest BCUT2D eigenvalue weighted by Crippen LogP contribution is 2.35. The number of aliphatic hydroxyl groups is 1. The standard InChI is InChI=1S/C91H118N4O12.C13H9N/c1-8-11-14-17-20-23-26-29-32-35-83(96)105-89(100)76-58-79(64-94(6)62-77-56-74(54-66(4)86(77)97)90(101)106-84(36-33-30-27-24-21-18-15-12-9-2)103-81-50-46-72(47-51-81)70-42-38-68(60-92)39-43-70)88(99)80(59-76)65-95(7)63-78-57-75(55-67(5)87(78)98)91(102)107-85(37-34-31-28-25-22-19-16-13-10-3)104-82-52-48-73(49-53-82)71-44-40-69(61-93)41-45-71;14-10-11-6-8-13(9-7-11)12-4-2-1-3-5-12/h38-59,83-85,96-99H,8-37,62-65H2,1-7H3;1-9H. The maximum Gasteiger partial charge on any atom is 0.341 e. The molecule has 121 heavy (non-hydrogen) atoms. The minimum atomic E-state index is -1.36. The number of unbranched alkanes of at least 4 members (excludes halogenated alkanes) is 24. The molecule has 4 N–H and O–H groups in total. The van der Waals surface area contributed by atoms with Crippen molar-refractivity contribution in [1.82, 2.24) is 9.80 Å². The molecule has 0 aliphatic heterocycles. The quantitative estimate of drug-likeness (QED) is 0.0120. The van der Waals surface area contributed by atoms with Crippen LogP contribution in [0.3, 0.4) is 0 Å². The number of nitriles is 3. The summed E-state index contributed by atoms with van der Waals surface area (Å²) < 4.78 is 30.9. The number of aliphatic hydroxyl groups excluding tert-OH is 1. The molecular formula is C104H127N5O12. The largest absolute Gasteiger partial charge is 0.507 e. The van der Waals surface area contributed by atoms with E-state index in [0.717, 1.165) is 98.4 Å². The van der Waals surface area contributed by atoms with Gasteiger partial charge in [-0.2, -0.15) is 15.8 Å². The van der Waals surface area contributed by atoms with Crippen LogP contribution in [0.5, 0.6) is 28.7 Å². The molecule has 9 aromatic carbocycles. The first-order valence-electron chi connectivity index (χ1n) is 44.1.